The Kier molecular flexibility index (Phi) is 6.90. The number of Topliss-reactive ketones (excluding diaryl/α,β-unsaturated/α-hetero) is 1. The highest BCUT2D eigenvalue weighted by Crippen LogP contribution is 2.40. The monoisotopic (exact) mass is 475 g/mol. The molecule has 0 bridgehead atoms. The number of hydrogen-bond acceptors (Lipinski definition) is 7. The van der Waals surface area contributed by atoms with Gasteiger partial charge in [0.05, 0.1) is 27.6 Å². The van der Waals surface area contributed by atoms with Crippen LogP contribution < -0.4 is 17.2 Å². The second kappa shape index (κ2) is 9.46. The Balaban J connectivity index is 0.000000243. The number of carbonyl (C=O) groups is 1. The number of aryl methyl sites for hydroxylation is 1. The Morgan fingerprint density at radius 2 is 1.88 bits per heavy atom. The molecular formula is C22H20ClF2N5OS. The number of anilines is 3. The number of thiophene rings is 1. The van der Waals surface area contributed by atoms with Crippen molar-refractivity contribution >= 4 is 56.0 Å². The quantitative estimate of drug-likeness (QED) is 0.251. The van der Waals surface area contributed by atoms with E-state index in [1.165, 1.54) is 13.0 Å². The van der Waals surface area contributed by atoms with Crippen LogP contribution in [0.25, 0.3) is 21.5 Å². The number of ketones is 1. The lowest BCUT2D eigenvalue weighted by atomic mass is 10.1. The average molecular weight is 476 g/mol. The van der Waals surface area contributed by atoms with Gasteiger partial charge in [0.2, 0.25) is 0 Å². The number of rotatable bonds is 3. The van der Waals surface area contributed by atoms with Crippen LogP contribution in [0, 0.1) is 6.92 Å². The number of pyridine rings is 2. The van der Waals surface area contributed by atoms with E-state index in [9.17, 15) is 13.6 Å². The topological polar surface area (TPSA) is 121 Å². The second-order valence-electron chi connectivity index (χ2n) is 6.95. The minimum atomic E-state index is -2.71. The molecule has 0 aliphatic rings. The number of aromatic nitrogens is 2. The summed E-state index contributed by atoms with van der Waals surface area (Å²) in [4.78, 5) is 20.5. The maximum atomic E-state index is 13.4. The number of halogens is 3. The minimum absolute atomic E-state index is 0.0769. The van der Waals surface area contributed by atoms with E-state index in [1.54, 1.807) is 36.7 Å². The Morgan fingerprint density at radius 1 is 1.16 bits per heavy atom. The Labute approximate surface area is 192 Å². The fourth-order valence-corrected chi connectivity index (χ4v) is 4.33. The van der Waals surface area contributed by atoms with Crippen LogP contribution >= 0.6 is 22.9 Å². The van der Waals surface area contributed by atoms with Gasteiger partial charge in [0.1, 0.15) is 4.83 Å². The second-order valence-corrected chi connectivity index (χ2v) is 8.38. The first-order valence-corrected chi connectivity index (χ1v) is 10.5. The summed E-state index contributed by atoms with van der Waals surface area (Å²) < 4.78 is 26.8. The number of nitrogens with zero attached hydrogens (tertiary/aromatic N) is 2. The zero-order valence-corrected chi connectivity index (χ0v) is 18.8. The minimum Gasteiger partial charge on any atom is -0.397 e. The molecule has 0 fully saturated rings. The van der Waals surface area contributed by atoms with Crippen molar-refractivity contribution in [1.29, 1.82) is 0 Å². The summed E-state index contributed by atoms with van der Waals surface area (Å²) in [7, 11) is 0. The number of nitrogens with two attached hydrogens (primary N) is 3. The summed E-state index contributed by atoms with van der Waals surface area (Å²) in [6.07, 6.45) is 0.428. The number of nitrogen functional groups attached to an aromatic ring is 3. The SMILES string of the molecule is CC(=O)c1sc2nc(-c3cccnc3)cc(C(F)F)c2c1N.Cc1cc(Cl)cc(N)c1N. The van der Waals surface area contributed by atoms with Crippen LogP contribution in [0.3, 0.4) is 0 Å². The van der Waals surface area contributed by atoms with Crippen molar-refractivity contribution in [2.45, 2.75) is 20.3 Å². The van der Waals surface area contributed by atoms with Crippen molar-refractivity contribution in [2.75, 3.05) is 17.2 Å². The summed E-state index contributed by atoms with van der Waals surface area (Å²) in [5.41, 5.74) is 19.9. The van der Waals surface area contributed by atoms with Gasteiger partial charge in [-0.2, -0.15) is 0 Å². The van der Waals surface area contributed by atoms with Gasteiger partial charge < -0.3 is 17.2 Å². The number of alkyl halides is 2. The molecule has 0 spiro atoms. The fraction of sp³-hybridized carbons (Fsp3) is 0.136. The number of hydrogen-bond donors (Lipinski definition) is 3. The van der Waals surface area contributed by atoms with E-state index >= 15 is 0 Å². The molecule has 6 N–H and O–H groups in total. The first kappa shape index (κ1) is 23.4. The molecule has 32 heavy (non-hydrogen) atoms. The molecule has 1 aromatic carbocycles. The molecule has 0 radical (unpaired) electrons. The Hall–Kier alpha value is -3.30. The molecule has 4 aromatic rings. The molecule has 0 aliphatic heterocycles. The maximum absolute atomic E-state index is 13.4. The van der Waals surface area contributed by atoms with E-state index in [0.717, 1.165) is 16.9 Å². The van der Waals surface area contributed by atoms with Gasteiger partial charge in [0.25, 0.3) is 6.43 Å². The molecule has 0 aliphatic carbocycles. The van der Waals surface area contributed by atoms with Crippen LogP contribution in [-0.2, 0) is 0 Å². The summed E-state index contributed by atoms with van der Waals surface area (Å²) in [5, 5.41) is 0.794. The predicted octanol–water partition coefficient (Wildman–Crippen LogP) is 5.89. The maximum Gasteiger partial charge on any atom is 0.264 e. The van der Waals surface area contributed by atoms with Gasteiger partial charge in [-0.15, -0.1) is 11.3 Å². The highest BCUT2D eigenvalue weighted by atomic mass is 35.5. The molecule has 166 valence electrons. The van der Waals surface area contributed by atoms with E-state index in [0.29, 0.717) is 32.5 Å². The van der Waals surface area contributed by atoms with Crippen LogP contribution in [-0.4, -0.2) is 15.8 Å². The van der Waals surface area contributed by atoms with Crippen LogP contribution in [0.1, 0.15) is 34.1 Å². The third-order valence-corrected chi connectivity index (χ3v) is 6.04. The smallest absolute Gasteiger partial charge is 0.264 e. The zero-order chi connectivity index (χ0) is 23.6. The molecule has 10 heteroatoms. The standard InChI is InChI=1S/C15H11F2N3OS.C7H9ClN2/c1-7(21)13-12(18)11-9(14(16)17)5-10(20-15(11)22-13)8-3-2-4-19-6-8;1-4-2-5(8)3-6(9)7(4)10/h2-6,14H,18H2,1H3;2-3H,9-10H2,1H3. The van der Waals surface area contributed by atoms with Crippen molar-refractivity contribution < 1.29 is 13.6 Å². The highest BCUT2D eigenvalue weighted by Gasteiger charge is 2.22. The van der Waals surface area contributed by atoms with Crippen molar-refractivity contribution in [3.05, 3.63) is 63.8 Å². The van der Waals surface area contributed by atoms with Crippen LogP contribution in [0.4, 0.5) is 25.8 Å². The number of carbonyl (C=O) groups excluding carboxylic acids is 1. The molecule has 0 atom stereocenters. The van der Waals surface area contributed by atoms with E-state index in [-0.39, 0.29) is 27.3 Å². The first-order chi connectivity index (χ1) is 15.1. The lowest BCUT2D eigenvalue weighted by molar-refractivity contribution is 0.102. The fourth-order valence-electron chi connectivity index (χ4n) is 3.03. The van der Waals surface area contributed by atoms with Crippen molar-refractivity contribution in [1.82, 2.24) is 9.97 Å². The van der Waals surface area contributed by atoms with Crippen molar-refractivity contribution in [2.24, 2.45) is 0 Å². The summed E-state index contributed by atoms with van der Waals surface area (Å²) in [5.74, 6) is -0.261. The van der Waals surface area contributed by atoms with E-state index < -0.39 is 6.43 Å². The van der Waals surface area contributed by atoms with Gasteiger partial charge in [-0.25, -0.2) is 13.8 Å². The third kappa shape index (κ3) is 4.79. The highest BCUT2D eigenvalue weighted by molar-refractivity contribution is 7.21. The van der Waals surface area contributed by atoms with Crippen LogP contribution in [0.15, 0.2) is 42.7 Å². The molecule has 0 saturated carbocycles. The summed E-state index contributed by atoms with van der Waals surface area (Å²) in [6, 6.07) is 8.17. The van der Waals surface area contributed by atoms with Gasteiger partial charge >= 0.3 is 0 Å². The predicted molar refractivity (Wildman–Crippen MR) is 127 cm³/mol. The molecule has 3 heterocycles. The largest absolute Gasteiger partial charge is 0.397 e. The van der Waals surface area contributed by atoms with Gasteiger partial charge in [0.15, 0.2) is 5.78 Å². The third-order valence-electron chi connectivity index (χ3n) is 4.63. The lowest BCUT2D eigenvalue weighted by Gasteiger charge is -2.07. The zero-order valence-electron chi connectivity index (χ0n) is 17.2. The number of fused-ring (bicyclic) bond motifs is 1. The van der Waals surface area contributed by atoms with Gasteiger partial charge in [-0.1, -0.05) is 11.6 Å². The van der Waals surface area contributed by atoms with Crippen LogP contribution in [0.2, 0.25) is 5.02 Å². The van der Waals surface area contributed by atoms with Crippen molar-refractivity contribution in [3.63, 3.8) is 0 Å². The molecule has 0 amide bonds. The number of benzene rings is 1. The first-order valence-electron chi connectivity index (χ1n) is 9.33. The summed E-state index contributed by atoms with van der Waals surface area (Å²) in [6.45, 7) is 3.22. The van der Waals surface area contributed by atoms with E-state index in [2.05, 4.69) is 9.97 Å². The Bertz CT molecular complexity index is 1270. The molecule has 4 rings (SSSR count). The Morgan fingerprint density at radius 3 is 2.44 bits per heavy atom. The van der Waals surface area contributed by atoms with Gasteiger partial charge in [-0.3, -0.25) is 9.78 Å². The molecular weight excluding hydrogens is 456 g/mol. The van der Waals surface area contributed by atoms with Gasteiger partial charge in [0, 0.05) is 40.9 Å². The lowest BCUT2D eigenvalue weighted by Crippen LogP contribution is -1.97. The van der Waals surface area contributed by atoms with Crippen LogP contribution in [0.5, 0.6) is 0 Å². The average Bonchev–Trinajstić information content (AvgIpc) is 3.09. The normalized spacial score (nSPS) is 10.8. The molecule has 0 unspecified atom stereocenters. The molecule has 3 aromatic heterocycles. The van der Waals surface area contributed by atoms with Gasteiger partial charge in [-0.05, 0) is 42.8 Å². The van der Waals surface area contributed by atoms with E-state index in [4.69, 9.17) is 28.8 Å². The molecule has 0 saturated heterocycles. The molecule has 6 nitrogen and oxygen atoms in total. The van der Waals surface area contributed by atoms with Crippen molar-refractivity contribution in [3.8, 4) is 11.3 Å². The van der Waals surface area contributed by atoms with E-state index in [1.807, 2.05) is 6.92 Å². The summed E-state index contributed by atoms with van der Waals surface area (Å²) >= 11 is 6.72.